The highest BCUT2D eigenvalue weighted by molar-refractivity contribution is 5.93. The summed E-state index contributed by atoms with van der Waals surface area (Å²) in [6.07, 6.45) is 16.6. The molecule has 236 valence electrons. The van der Waals surface area contributed by atoms with Gasteiger partial charge in [0.25, 0.3) is 0 Å². The Hall–Kier alpha value is -4.48. The molecule has 1 heterocycles. The Morgan fingerprint density at radius 3 is 2.47 bits per heavy atom. The van der Waals surface area contributed by atoms with Gasteiger partial charge >= 0.3 is 12.1 Å². The first-order valence-corrected chi connectivity index (χ1v) is 14.0. The zero-order chi connectivity index (χ0) is 32.4. The second kappa shape index (κ2) is 18.9. The Bertz CT molecular complexity index is 1160. The van der Waals surface area contributed by atoms with E-state index in [-0.39, 0.29) is 17.8 Å². The van der Waals surface area contributed by atoms with Gasteiger partial charge in [-0.05, 0) is 31.5 Å². The quantitative estimate of drug-likeness (QED) is 0.0508. The number of carbonyl (C=O) groups is 4. The first kappa shape index (κ1) is 36.5. The van der Waals surface area contributed by atoms with Crippen molar-refractivity contribution in [2.45, 2.75) is 79.1 Å². The molecule has 0 unspecified atom stereocenters. The Morgan fingerprint density at radius 1 is 1.19 bits per heavy atom. The largest absolute Gasteiger partial charge is 0.490 e. The minimum absolute atomic E-state index is 0.0219. The molecule has 43 heavy (non-hydrogen) atoms. The van der Waals surface area contributed by atoms with Crippen molar-refractivity contribution in [1.82, 2.24) is 16.1 Å². The fourth-order valence-electron chi connectivity index (χ4n) is 3.98. The van der Waals surface area contributed by atoms with Crippen LogP contribution in [0.4, 0.5) is 4.79 Å². The van der Waals surface area contributed by atoms with Crippen molar-refractivity contribution in [3.8, 4) is 0 Å². The number of nitrogens with one attached hydrogen (secondary N) is 4. The standard InChI is InChI=1S/C31H45N5O7/c1-8-9-14-23(42-30(40)35-36-32)15-12-19-33-28(38)27(31(4,5)6)34-26(37)16-11-10-13-21(2)20-22(3)24-17-18-25(41-7)29(39)43-24/h8-13,16,18-20,22-24,27H,14-15,17H2,1-7H3,(H,33,38)(H,34,37)(H2,32,35,40)/b9-8-,13-10-,16-11-,19-12-,21-20+/t22-,23-,24-,27+/m0/s1. The molecule has 3 amide bonds. The van der Waals surface area contributed by atoms with Crippen molar-refractivity contribution in [3.05, 3.63) is 72.2 Å². The first-order chi connectivity index (χ1) is 20.3. The van der Waals surface area contributed by atoms with Crippen LogP contribution in [0.15, 0.2) is 77.4 Å². The topological polar surface area (TPSA) is 168 Å². The molecule has 0 saturated heterocycles. The molecule has 4 N–H and O–H groups in total. The van der Waals surface area contributed by atoms with Crippen LogP contribution in [0.2, 0.25) is 0 Å². The Kier molecular flexibility index (Phi) is 16.0. The third-order valence-corrected chi connectivity index (χ3v) is 6.26. The molecule has 1 aliphatic rings. The van der Waals surface area contributed by atoms with Crippen molar-refractivity contribution >= 4 is 23.9 Å². The smallest absolute Gasteiger partial charge is 0.429 e. The summed E-state index contributed by atoms with van der Waals surface area (Å²) in [4.78, 5) is 49.0. The summed E-state index contributed by atoms with van der Waals surface area (Å²) in [5, 5.41) is 8.21. The maximum absolute atomic E-state index is 12.9. The molecule has 0 aliphatic carbocycles. The van der Waals surface area contributed by atoms with Gasteiger partial charge in [0, 0.05) is 31.3 Å². The highest BCUT2D eigenvalue weighted by Crippen LogP contribution is 2.23. The maximum Gasteiger partial charge on any atom is 0.429 e. The normalized spacial score (nSPS) is 18.2. The highest BCUT2D eigenvalue weighted by atomic mass is 16.6. The first-order valence-electron chi connectivity index (χ1n) is 14.0. The lowest BCUT2D eigenvalue weighted by atomic mass is 9.86. The van der Waals surface area contributed by atoms with E-state index in [4.69, 9.17) is 19.7 Å². The number of amides is 3. The second-order valence-corrected chi connectivity index (χ2v) is 10.9. The van der Waals surface area contributed by atoms with Gasteiger partial charge in [-0.2, -0.15) is 11.0 Å². The number of esters is 1. The van der Waals surface area contributed by atoms with Crippen LogP contribution in [-0.4, -0.2) is 49.2 Å². The van der Waals surface area contributed by atoms with Gasteiger partial charge in [0.15, 0.2) is 5.76 Å². The fourth-order valence-corrected chi connectivity index (χ4v) is 3.98. The van der Waals surface area contributed by atoms with Crippen LogP contribution in [0, 0.1) is 16.9 Å². The zero-order valence-electron chi connectivity index (χ0n) is 26.0. The van der Waals surface area contributed by atoms with Crippen molar-refractivity contribution < 1.29 is 33.4 Å². The summed E-state index contributed by atoms with van der Waals surface area (Å²) in [7, 11) is 1.43. The summed E-state index contributed by atoms with van der Waals surface area (Å²) >= 11 is 0. The van der Waals surface area contributed by atoms with Gasteiger partial charge in [-0.1, -0.05) is 81.0 Å². The van der Waals surface area contributed by atoms with E-state index in [1.54, 1.807) is 24.3 Å². The molecule has 0 fully saturated rings. The maximum atomic E-state index is 12.9. The summed E-state index contributed by atoms with van der Waals surface area (Å²) in [5.41, 5.74) is 8.93. The Balaban J connectivity index is 2.70. The Labute approximate surface area is 253 Å². The number of nitrogens with zero attached hydrogens (tertiary/aromatic N) is 1. The van der Waals surface area contributed by atoms with E-state index in [9.17, 15) is 19.2 Å². The number of rotatable bonds is 15. The van der Waals surface area contributed by atoms with E-state index >= 15 is 0 Å². The summed E-state index contributed by atoms with van der Waals surface area (Å²) in [6, 6.07) is -0.828. The zero-order valence-corrected chi connectivity index (χ0v) is 26.0. The average molecular weight is 600 g/mol. The number of hydrogen-bond donors (Lipinski definition) is 4. The van der Waals surface area contributed by atoms with E-state index in [1.165, 1.54) is 19.4 Å². The van der Waals surface area contributed by atoms with Crippen molar-refractivity contribution in [2.24, 2.45) is 16.6 Å². The molecule has 0 saturated carbocycles. The predicted octanol–water partition coefficient (Wildman–Crippen LogP) is 5.08. The van der Waals surface area contributed by atoms with Crippen LogP contribution >= 0.6 is 0 Å². The van der Waals surface area contributed by atoms with Gasteiger partial charge in [-0.3, -0.25) is 9.59 Å². The van der Waals surface area contributed by atoms with E-state index in [0.29, 0.717) is 19.3 Å². The van der Waals surface area contributed by atoms with Crippen molar-refractivity contribution in [1.29, 1.82) is 5.53 Å². The molecule has 0 bridgehead atoms. The summed E-state index contributed by atoms with van der Waals surface area (Å²) in [5.74, 6) is -1.11. The monoisotopic (exact) mass is 599 g/mol. The van der Waals surface area contributed by atoms with Crippen LogP contribution in [-0.2, 0) is 28.6 Å². The minimum Gasteiger partial charge on any atom is -0.490 e. The van der Waals surface area contributed by atoms with Gasteiger partial charge in [-0.15, -0.1) is 0 Å². The van der Waals surface area contributed by atoms with E-state index in [1.807, 2.05) is 71.3 Å². The molecular formula is C31H45N5O7. The van der Waals surface area contributed by atoms with Crippen LogP contribution in [0.25, 0.3) is 0 Å². The number of ether oxygens (including phenoxy) is 3. The Morgan fingerprint density at radius 2 is 1.86 bits per heavy atom. The average Bonchev–Trinajstić information content (AvgIpc) is 2.94. The molecular weight excluding hydrogens is 554 g/mol. The van der Waals surface area contributed by atoms with E-state index in [0.717, 1.165) is 5.57 Å². The number of carbonyl (C=O) groups excluding carboxylic acids is 4. The second-order valence-electron chi connectivity index (χ2n) is 10.9. The summed E-state index contributed by atoms with van der Waals surface area (Å²) in [6.45, 7) is 11.2. The van der Waals surface area contributed by atoms with Gasteiger partial charge in [-0.25, -0.2) is 9.59 Å². The van der Waals surface area contributed by atoms with E-state index < -0.39 is 41.4 Å². The molecule has 12 nitrogen and oxygen atoms in total. The van der Waals surface area contributed by atoms with Crippen LogP contribution in [0.3, 0.4) is 0 Å². The van der Waals surface area contributed by atoms with Crippen LogP contribution in [0.5, 0.6) is 0 Å². The highest BCUT2D eigenvalue weighted by Gasteiger charge is 2.32. The number of methoxy groups -OCH3 is 1. The minimum atomic E-state index is -0.841. The molecule has 0 aromatic heterocycles. The molecule has 0 spiro atoms. The van der Waals surface area contributed by atoms with E-state index in [2.05, 4.69) is 15.9 Å². The lowest BCUT2D eigenvalue weighted by Crippen LogP contribution is -2.52. The molecule has 0 aromatic carbocycles. The molecule has 0 radical (unpaired) electrons. The lowest BCUT2D eigenvalue weighted by Gasteiger charge is -2.29. The van der Waals surface area contributed by atoms with Crippen molar-refractivity contribution in [2.75, 3.05) is 7.11 Å². The van der Waals surface area contributed by atoms with Crippen LogP contribution in [0.1, 0.15) is 60.8 Å². The molecule has 1 rings (SSSR count). The summed E-state index contributed by atoms with van der Waals surface area (Å²) < 4.78 is 15.6. The van der Waals surface area contributed by atoms with Gasteiger partial charge in [0.05, 0.1) is 7.11 Å². The van der Waals surface area contributed by atoms with Gasteiger partial charge in [0.2, 0.25) is 11.8 Å². The number of hydrogen-bond acceptors (Lipinski definition) is 9. The third-order valence-electron chi connectivity index (χ3n) is 6.26. The molecule has 4 atom stereocenters. The number of allylic oxidation sites excluding steroid dienone is 5. The van der Waals surface area contributed by atoms with Crippen molar-refractivity contribution in [3.63, 3.8) is 0 Å². The SMILES string of the molecule is C/C=C\C[C@@H](C/C=C\NC(=O)[C@@H](NC(=O)\C=C/C=C\C(C)=C\[C@H](C)[C@@H]1CC=C(OC)C(=O)O1)C(C)(C)C)OC(=O)NN=N. The van der Waals surface area contributed by atoms with Gasteiger partial charge < -0.3 is 24.8 Å². The molecule has 1 aliphatic heterocycles. The predicted molar refractivity (Wildman–Crippen MR) is 162 cm³/mol. The van der Waals surface area contributed by atoms with Crippen LogP contribution < -0.4 is 16.1 Å². The number of cyclic esters (lactones) is 1. The van der Waals surface area contributed by atoms with Gasteiger partial charge in [0.1, 0.15) is 18.2 Å². The fraction of sp³-hybridized carbons (Fsp3) is 0.484. The molecule has 12 heteroatoms. The third kappa shape index (κ3) is 14.3. The lowest BCUT2D eigenvalue weighted by molar-refractivity contribution is -0.151. The molecule has 0 aromatic rings.